The maximum atomic E-state index is 9.10. The molecule has 3 nitrogen and oxygen atoms in total. The van der Waals surface area contributed by atoms with Gasteiger partial charge < -0.3 is 15.3 Å². The maximum absolute atomic E-state index is 9.10. The minimum Gasteiger partial charge on any atom is -0.395 e. The standard InChI is InChI=1S/C10H20N2O/c1-8(2)12-5-9(6-13)11-10(3,4)7-12/h9,11,13H,1,5-7H2,2-4H3/t9-/m0/s1. The molecule has 1 aliphatic rings. The van der Waals surface area contributed by atoms with Crippen LogP contribution >= 0.6 is 0 Å². The number of nitrogens with zero attached hydrogens (tertiary/aromatic N) is 1. The van der Waals surface area contributed by atoms with Crippen molar-refractivity contribution in [3.05, 3.63) is 12.3 Å². The first-order chi connectivity index (χ1) is 5.94. The molecular formula is C10H20N2O. The molecule has 1 saturated heterocycles. The van der Waals surface area contributed by atoms with E-state index >= 15 is 0 Å². The predicted molar refractivity (Wildman–Crippen MR) is 54.5 cm³/mol. The Labute approximate surface area is 80.4 Å². The number of hydrogen-bond donors (Lipinski definition) is 2. The smallest absolute Gasteiger partial charge is 0.0602 e. The first-order valence-corrected chi connectivity index (χ1v) is 4.73. The van der Waals surface area contributed by atoms with Crippen LogP contribution in [0, 0.1) is 0 Å². The molecule has 1 aliphatic heterocycles. The van der Waals surface area contributed by atoms with Gasteiger partial charge in [0.05, 0.1) is 6.61 Å². The van der Waals surface area contributed by atoms with Crippen LogP contribution in [0.3, 0.4) is 0 Å². The Morgan fingerprint density at radius 2 is 2.31 bits per heavy atom. The lowest BCUT2D eigenvalue weighted by atomic mass is 9.98. The zero-order chi connectivity index (χ0) is 10.1. The lowest BCUT2D eigenvalue weighted by molar-refractivity contribution is 0.109. The van der Waals surface area contributed by atoms with E-state index in [0.717, 1.165) is 18.8 Å². The van der Waals surface area contributed by atoms with Gasteiger partial charge in [0.2, 0.25) is 0 Å². The van der Waals surface area contributed by atoms with Gasteiger partial charge in [0.15, 0.2) is 0 Å². The Morgan fingerprint density at radius 1 is 1.69 bits per heavy atom. The molecule has 0 amide bonds. The second-order valence-electron chi connectivity index (χ2n) is 4.52. The lowest BCUT2D eigenvalue weighted by Gasteiger charge is -2.44. The van der Waals surface area contributed by atoms with E-state index in [9.17, 15) is 0 Å². The molecule has 1 atom stereocenters. The normalized spacial score (nSPS) is 27.4. The Balaban J connectivity index is 2.65. The lowest BCUT2D eigenvalue weighted by Crippen LogP contribution is -2.62. The number of rotatable bonds is 2. The molecule has 0 radical (unpaired) electrons. The van der Waals surface area contributed by atoms with Gasteiger partial charge in [0.25, 0.3) is 0 Å². The van der Waals surface area contributed by atoms with Gasteiger partial charge in [0.1, 0.15) is 0 Å². The highest BCUT2D eigenvalue weighted by molar-refractivity contribution is 5.00. The number of piperazine rings is 1. The summed E-state index contributed by atoms with van der Waals surface area (Å²) in [6.45, 7) is 12.2. The molecule has 3 heteroatoms. The molecule has 0 aromatic rings. The number of allylic oxidation sites excluding steroid dienone is 1. The quantitative estimate of drug-likeness (QED) is 0.658. The van der Waals surface area contributed by atoms with E-state index in [0.29, 0.717) is 0 Å². The fraction of sp³-hybridized carbons (Fsp3) is 0.800. The van der Waals surface area contributed by atoms with Crippen LogP contribution in [0.25, 0.3) is 0 Å². The Kier molecular flexibility index (Phi) is 2.98. The third-order valence-electron chi connectivity index (χ3n) is 2.38. The Bertz CT molecular complexity index is 201. The van der Waals surface area contributed by atoms with Crippen LogP contribution in [0.15, 0.2) is 12.3 Å². The molecule has 0 aromatic heterocycles. The summed E-state index contributed by atoms with van der Waals surface area (Å²) in [6, 6.07) is 0.167. The molecule has 0 aromatic carbocycles. The summed E-state index contributed by atoms with van der Waals surface area (Å²) in [5.74, 6) is 0. The van der Waals surface area contributed by atoms with Crippen molar-refractivity contribution in [1.82, 2.24) is 10.2 Å². The van der Waals surface area contributed by atoms with E-state index in [1.165, 1.54) is 0 Å². The maximum Gasteiger partial charge on any atom is 0.0602 e. The first-order valence-electron chi connectivity index (χ1n) is 4.73. The average molecular weight is 184 g/mol. The summed E-state index contributed by atoms with van der Waals surface area (Å²) in [5, 5.41) is 12.5. The predicted octanol–water partition coefficient (Wildman–Crippen LogP) is 0.565. The van der Waals surface area contributed by atoms with E-state index in [-0.39, 0.29) is 18.2 Å². The van der Waals surface area contributed by atoms with Crippen molar-refractivity contribution < 1.29 is 5.11 Å². The minimum absolute atomic E-state index is 0.0601. The first kappa shape index (κ1) is 10.5. The second kappa shape index (κ2) is 3.68. The molecule has 13 heavy (non-hydrogen) atoms. The highest BCUT2D eigenvalue weighted by Crippen LogP contribution is 2.16. The number of nitrogens with one attached hydrogen (secondary N) is 1. The zero-order valence-electron chi connectivity index (χ0n) is 8.80. The second-order valence-corrected chi connectivity index (χ2v) is 4.52. The van der Waals surface area contributed by atoms with Crippen LogP contribution in [-0.4, -0.2) is 41.3 Å². The van der Waals surface area contributed by atoms with Gasteiger partial charge in [-0.1, -0.05) is 6.58 Å². The molecular weight excluding hydrogens is 164 g/mol. The van der Waals surface area contributed by atoms with Crippen LogP contribution in [0.2, 0.25) is 0 Å². The largest absolute Gasteiger partial charge is 0.395 e. The summed E-state index contributed by atoms with van der Waals surface area (Å²) in [7, 11) is 0. The summed E-state index contributed by atoms with van der Waals surface area (Å²) in [4.78, 5) is 2.22. The van der Waals surface area contributed by atoms with Crippen LogP contribution in [-0.2, 0) is 0 Å². The van der Waals surface area contributed by atoms with Gasteiger partial charge >= 0.3 is 0 Å². The van der Waals surface area contributed by atoms with Crippen LogP contribution in [0.1, 0.15) is 20.8 Å². The molecule has 1 fully saturated rings. The van der Waals surface area contributed by atoms with Crippen LogP contribution in [0.5, 0.6) is 0 Å². The zero-order valence-corrected chi connectivity index (χ0v) is 8.80. The van der Waals surface area contributed by atoms with Crippen LogP contribution in [0.4, 0.5) is 0 Å². The number of aliphatic hydroxyl groups excluding tert-OH is 1. The minimum atomic E-state index is 0.0601. The molecule has 0 saturated carbocycles. The van der Waals surface area contributed by atoms with Gasteiger partial charge in [-0.3, -0.25) is 0 Å². The highest BCUT2D eigenvalue weighted by atomic mass is 16.3. The van der Waals surface area contributed by atoms with Crippen molar-refractivity contribution in [3.63, 3.8) is 0 Å². The van der Waals surface area contributed by atoms with Gasteiger partial charge in [-0.15, -0.1) is 0 Å². The highest BCUT2D eigenvalue weighted by Gasteiger charge is 2.30. The van der Waals surface area contributed by atoms with Crippen molar-refractivity contribution in [2.75, 3.05) is 19.7 Å². The van der Waals surface area contributed by atoms with Crippen molar-refractivity contribution in [1.29, 1.82) is 0 Å². The van der Waals surface area contributed by atoms with Crippen molar-refractivity contribution in [2.24, 2.45) is 0 Å². The summed E-state index contributed by atoms with van der Waals surface area (Å²) >= 11 is 0. The van der Waals surface area contributed by atoms with E-state index in [1.807, 2.05) is 6.92 Å². The van der Waals surface area contributed by atoms with E-state index in [2.05, 4.69) is 30.6 Å². The third kappa shape index (κ3) is 2.71. The fourth-order valence-corrected chi connectivity index (χ4v) is 1.85. The molecule has 1 heterocycles. The molecule has 2 N–H and O–H groups in total. The summed E-state index contributed by atoms with van der Waals surface area (Å²) in [5.41, 5.74) is 1.14. The number of hydrogen-bond acceptors (Lipinski definition) is 3. The monoisotopic (exact) mass is 184 g/mol. The van der Waals surface area contributed by atoms with E-state index in [1.54, 1.807) is 0 Å². The van der Waals surface area contributed by atoms with Crippen LogP contribution < -0.4 is 5.32 Å². The molecule has 1 rings (SSSR count). The molecule has 0 unspecified atom stereocenters. The molecule has 0 spiro atoms. The van der Waals surface area contributed by atoms with Crippen molar-refractivity contribution >= 4 is 0 Å². The van der Waals surface area contributed by atoms with E-state index in [4.69, 9.17) is 5.11 Å². The molecule has 0 aliphatic carbocycles. The topological polar surface area (TPSA) is 35.5 Å². The van der Waals surface area contributed by atoms with Gasteiger partial charge in [-0.25, -0.2) is 0 Å². The van der Waals surface area contributed by atoms with Crippen molar-refractivity contribution in [3.8, 4) is 0 Å². The van der Waals surface area contributed by atoms with Gasteiger partial charge in [-0.2, -0.15) is 0 Å². The fourth-order valence-electron chi connectivity index (χ4n) is 1.85. The summed E-state index contributed by atoms with van der Waals surface area (Å²) < 4.78 is 0. The van der Waals surface area contributed by atoms with Gasteiger partial charge in [-0.05, 0) is 20.8 Å². The van der Waals surface area contributed by atoms with Crippen molar-refractivity contribution in [2.45, 2.75) is 32.4 Å². The van der Waals surface area contributed by atoms with E-state index < -0.39 is 0 Å². The number of aliphatic hydroxyl groups is 1. The van der Waals surface area contributed by atoms with Gasteiger partial charge in [0, 0.05) is 30.4 Å². The molecule has 0 bridgehead atoms. The average Bonchev–Trinajstić information content (AvgIpc) is 2.01. The third-order valence-corrected chi connectivity index (χ3v) is 2.38. The Morgan fingerprint density at radius 3 is 2.77 bits per heavy atom. The summed E-state index contributed by atoms with van der Waals surface area (Å²) in [6.07, 6.45) is 0. The molecule has 76 valence electrons. The Hall–Kier alpha value is -0.540. The SMILES string of the molecule is C=C(C)N1C[C@@H](CO)NC(C)(C)C1.